The van der Waals surface area contributed by atoms with Gasteiger partial charge in [-0.05, 0) is 12.1 Å². The molecular formula is C18H21N5O4. The van der Waals surface area contributed by atoms with Crippen molar-refractivity contribution in [1.29, 1.82) is 0 Å². The lowest BCUT2D eigenvalue weighted by atomic mass is 10.1. The van der Waals surface area contributed by atoms with Crippen LogP contribution >= 0.6 is 0 Å². The molecule has 0 spiro atoms. The number of morpholine rings is 1. The van der Waals surface area contributed by atoms with Gasteiger partial charge in [0.2, 0.25) is 0 Å². The first-order chi connectivity index (χ1) is 13.1. The molecule has 0 saturated carbocycles. The second-order valence-corrected chi connectivity index (χ2v) is 6.64. The Balaban J connectivity index is 1.51. The van der Waals surface area contributed by atoms with E-state index in [1.165, 1.54) is 12.3 Å². The minimum absolute atomic E-state index is 0.0583. The van der Waals surface area contributed by atoms with E-state index in [9.17, 15) is 14.9 Å². The fourth-order valence-corrected chi connectivity index (χ4v) is 3.69. The van der Waals surface area contributed by atoms with Crippen LogP contribution in [0.1, 0.15) is 0 Å². The number of benzene rings is 1. The van der Waals surface area contributed by atoms with Gasteiger partial charge in [0, 0.05) is 68.8 Å². The minimum Gasteiger partial charge on any atom is -0.378 e. The number of hydrogen-bond donors (Lipinski definition) is 0. The molecule has 0 atom stereocenters. The Kier molecular flexibility index (Phi) is 4.76. The van der Waals surface area contributed by atoms with Crippen molar-refractivity contribution in [3.63, 3.8) is 0 Å². The third kappa shape index (κ3) is 3.37. The normalized spacial score (nSPS) is 18.0. The lowest BCUT2D eigenvalue weighted by molar-refractivity contribution is -0.383. The molecule has 9 heteroatoms. The summed E-state index contributed by atoms with van der Waals surface area (Å²) in [6, 6.07) is 5.20. The summed E-state index contributed by atoms with van der Waals surface area (Å²) in [7, 11) is 0. The molecule has 2 aliphatic heterocycles. The average molecular weight is 371 g/mol. The molecule has 0 N–H and O–H groups in total. The van der Waals surface area contributed by atoms with Gasteiger partial charge in [-0.3, -0.25) is 15.1 Å². The van der Waals surface area contributed by atoms with Crippen molar-refractivity contribution in [2.24, 2.45) is 0 Å². The third-order valence-corrected chi connectivity index (χ3v) is 5.14. The molecule has 0 aliphatic carbocycles. The lowest BCUT2D eigenvalue weighted by Crippen LogP contribution is -2.54. The first-order valence-electron chi connectivity index (χ1n) is 9.03. The van der Waals surface area contributed by atoms with Crippen LogP contribution in [0.5, 0.6) is 0 Å². The van der Waals surface area contributed by atoms with Crippen LogP contribution in [0.2, 0.25) is 0 Å². The summed E-state index contributed by atoms with van der Waals surface area (Å²) in [6.07, 6.45) is 3.18. The number of fused-ring (bicyclic) bond motifs is 1. The lowest BCUT2D eigenvalue weighted by Gasteiger charge is -2.39. The van der Waals surface area contributed by atoms with Crippen molar-refractivity contribution >= 4 is 28.2 Å². The van der Waals surface area contributed by atoms with Crippen LogP contribution in [0, 0.1) is 10.1 Å². The highest BCUT2D eigenvalue weighted by Gasteiger charge is 2.27. The summed E-state index contributed by atoms with van der Waals surface area (Å²) >= 11 is 0. The van der Waals surface area contributed by atoms with Gasteiger partial charge in [0.05, 0.1) is 23.5 Å². The molecule has 3 heterocycles. The Labute approximate surface area is 156 Å². The number of nitro groups is 1. The van der Waals surface area contributed by atoms with E-state index >= 15 is 0 Å². The van der Waals surface area contributed by atoms with Gasteiger partial charge in [-0.15, -0.1) is 0 Å². The van der Waals surface area contributed by atoms with Crippen LogP contribution < -0.4 is 4.90 Å². The standard InChI is InChI=1S/C18H21N5O4/c24-18(22-9-11-27-12-10-22)21-7-5-20(6-8-21)16-1-2-17(23(25)26)15-13-19-4-3-14(15)16/h1-4,13H,5-12H2. The highest BCUT2D eigenvalue weighted by Crippen LogP contribution is 2.33. The van der Waals surface area contributed by atoms with Gasteiger partial charge in [-0.1, -0.05) is 0 Å². The van der Waals surface area contributed by atoms with E-state index < -0.39 is 0 Å². The van der Waals surface area contributed by atoms with E-state index in [0.29, 0.717) is 57.9 Å². The number of aromatic nitrogens is 1. The number of nitro benzene ring substituents is 1. The smallest absolute Gasteiger partial charge is 0.320 e. The second-order valence-electron chi connectivity index (χ2n) is 6.64. The van der Waals surface area contributed by atoms with Gasteiger partial charge >= 0.3 is 6.03 Å². The van der Waals surface area contributed by atoms with Gasteiger partial charge in [0.15, 0.2) is 0 Å². The Morgan fingerprint density at radius 3 is 2.41 bits per heavy atom. The third-order valence-electron chi connectivity index (χ3n) is 5.14. The van der Waals surface area contributed by atoms with E-state index in [1.54, 1.807) is 12.3 Å². The molecule has 2 aliphatic rings. The summed E-state index contributed by atoms with van der Waals surface area (Å²) in [6.45, 7) is 5.08. The molecule has 1 aromatic carbocycles. The van der Waals surface area contributed by atoms with Gasteiger partial charge in [-0.2, -0.15) is 0 Å². The minimum atomic E-state index is -0.382. The second kappa shape index (κ2) is 7.36. The number of non-ortho nitro benzene ring substituents is 1. The number of piperazine rings is 1. The summed E-state index contributed by atoms with van der Waals surface area (Å²) in [4.78, 5) is 33.4. The summed E-state index contributed by atoms with van der Waals surface area (Å²) in [5.41, 5.74) is 0.999. The van der Waals surface area contributed by atoms with Crippen LogP contribution in [-0.2, 0) is 4.74 Å². The van der Waals surface area contributed by atoms with E-state index in [2.05, 4.69) is 9.88 Å². The van der Waals surface area contributed by atoms with E-state index in [1.807, 2.05) is 15.9 Å². The summed E-state index contributed by atoms with van der Waals surface area (Å²) in [5.74, 6) is 0. The van der Waals surface area contributed by atoms with Crippen molar-refractivity contribution in [3.8, 4) is 0 Å². The molecule has 2 aromatic rings. The number of pyridine rings is 1. The summed E-state index contributed by atoms with van der Waals surface area (Å²) < 4.78 is 5.31. The first kappa shape index (κ1) is 17.5. The molecule has 27 heavy (non-hydrogen) atoms. The SMILES string of the molecule is O=C(N1CCOCC1)N1CCN(c2ccc([N+](=O)[O-])c3cnccc23)CC1. The van der Waals surface area contributed by atoms with Gasteiger partial charge < -0.3 is 19.4 Å². The average Bonchev–Trinajstić information content (AvgIpc) is 2.73. The van der Waals surface area contributed by atoms with Gasteiger partial charge in [0.1, 0.15) is 0 Å². The molecule has 4 rings (SSSR count). The van der Waals surface area contributed by atoms with E-state index in [4.69, 9.17) is 4.74 Å². The zero-order chi connectivity index (χ0) is 18.8. The Hall–Kier alpha value is -2.94. The molecule has 142 valence electrons. The van der Waals surface area contributed by atoms with Crippen molar-refractivity contribution in [1.82, 2.24) is 14.8 Å². The maximum absolute atomic E-state index is 12.6. The fraction of sp³-hybridized carbons (Fsp3) is 0.444. The van der Waals surface area contributed by atoms with Crippen LogP contribution in [-0.4, -0.2) is 78.2 Å². The van der Waals surface area contributed by atoms with E-state index in [0.717, 1.165) is 11.1 Å². The van der Waals surface area contributed by atoms with Gasteiger partial charge in [-0.25, -0.2) is 4.79 Å². The number of carbonyl (C=O) groups excluding carboxylic acids is 1. The zero-order valence-electron chi connectivity index (χ0n) is 14.9. The predicted molar refractivity (Wildman–Crippen MR) is 100.0 cm³/mol. The van der Waals surface area contributed by atoms with Crippen molar-refractivity contribution < 1.29 is 14.5 Å². The van der Waals surface area contributed by atoms with Crippen LogP contribution in [0.25, 0.3) is 10.8 Å². The van der Waals surface area contributed by atoms with Crippen molar-refractivity contribution in [2.75, 3.05) is 57.4 Å². The molecule has 2 amide bonds. The number of rotatable bonds is 2. The Morgan fingerprint density at radius 2 is 1.70 bits per heavy atom. The van der Waals surface area contributed by atoms with E-state index in [-0.39, 0.29) is 16.6 Å². The number of urea groups is 1. The van der Waals surface area contributed by atoms with Crippen molar-refractivity contribution in [3.05, 3.63) is 40.7 Å². The van der Waals surface area contributed by atoms with Crippen molar-refractivity contribution in [2.45, 2.75) is 0 Å². The number of nitrogens with zero attached hydrogens (tertiary/aromatic N) is 5. The van der Waals surface area contributed by atoms with Gasteiger partial charge in [0.25, 0.3) is 5.69 Å². The predicted octanol–water partition coefficient (Wildman–Crippen LogP) is 1.72. The number of anilines is 1. The Morgan fingerprint density at radius 1 is 1.00 bits per heavy atom. The summed E-state index contributed by atoms with van der Waals surface area (Å²) in [5, 5.41) is 12.6. The number of ether oxygens (including phenoxy) is 1. The number of amides is 2. The van der Waals surface area contributed by atoms with Crippen LogP contribution in [0.15, 0.2) is 30.6 Å². The highest BCUT2D eigenvalue weighted by atomic mass is 16.6. The number of hydrogen-bond acceptors (Lipinski definition) is 6. The first-order valence-corrected chi connectivity index (χ1v) is 9.03. The molecule has 0 unspecified atom stereocenters. The molecule has 0 radical (unpaired) electrons. The Bertz CT molecular complexity index is 860. The molecular weight excluding hydrogens is 350 g/mol. The van der Waals surface area contributed by atoms with Crippen LogP contribution in [0.4, 0.5) is 16.2 Å². The maximum atomic E-state index is 12.6. The number of carbonyl (C=O) groups is 1. The molecule has 0 bridgehead atoms. The highest BCUT2D eigenvalue weighted by molar-refractivity contribution is 5.99. The fourth-order valence-electron chi connectivity index (χ4n) is 3.69. The monoisotopic (exact) mass is 371 g/mol. The topological polar surface area (TPSA) is 92.0 Å². The maximum Gasteiger partial charge on any atom is 0.320 e. The zero-order valence-corrected chi connectivity index (χ0v) is 14.9. The molecule has 9 nitrogen and oxygen atoms in total. The largest absolute Gasteiger partial charge is 0.378 e. The quantitative estimate of drug-likeness (QED) is 0.590. The molecule has 1 aromatic heterocycles. The molecule has 2 saturated heterocycles. The van der Waals surface area contributed by atoms with Crippen LogP contribution in [0.3, 0.4) is 0 Å². The molecule has 2 fully saturated rings.